The van der Waals surface area contributed by atoms with Gasteiger partial charge in [-0.3, -0.25) is 4.98 Å². The van der Waals surface area contributed by atoms with Crippen molar-refractivity contribution < 1.29 is 0 Å². The standard InChI is InChI=1S/C15H17N3S/c1-18(12-9-13-7-10-16-11-8-13)15(19)17-14-5-3-2-4-6-14/h2-8,10-11H,9,12H2,1H3,(H,17,19). The molecule has 0 aliphatic rings. The lowest BCUT2D eigenvalue weighted by atomic mass is 10.2. The Bertz CT molecular complexity index is 513. The van der Waals surface area contributed by atoms with Crippen LogP contribution < -0.4 is 5.32 Å². The van der Waals surface area contributed by atoms with Crippen LogP contribution in [0, 0.1) is 0 Å². The highest BCUT2D eigenvalue weighted by Crippen LogP contribution is 2.07. The van der Waals surface area contributed by atoms with Crippen molar-refractivity contribution in [3.05, 3.63) is 60.4 Å². The summed E-state index contributed by atoms with van der Waals surface area (Å²) in [4.78, 5) is 6.06. The Morgan fingerprint density at radius 1 is 1.16 bits per heavy atom. The van der Waals surface area contributed by atoms with Gasteiger partial charge in [0, 0.05) is 31.7 Å². The molecule has 0 aliphatic heterocycles. The molecule has 19 heavy (non-hydrogen) atoms. The minimum absolute atomic E-state index is 0.736. The average molecular weight is 271 g/mol. The molecule has 1 heterocycles. The van der Waals surface area contributed by atoms with Gasteiger partial charge < -0.3 is 10.2 Å². The number of thiocarbonyl (C=S) groups is 1. The summed E-state index contributed by atoms with van der Waals surface area (Å²) in [6.07, 6.45) is 4.58. The Labute approximate surface area is 119 Å². The quantitative estimate of drug-likeness (QED) is 0.865. The van der Waals surface area contributed by atoms with Crippen molar-refractivity contribution in [1.29, 1.82) is 0 Å². The van der Waals surface area contributed by atoms with E-state index in [1.54, 1.807) is 0 Å². The van der Waals surface area contributed by atoms with Crippen molar-refractivity contribution >= 4 is 23.0 Å². The molecule has 0 atom stereocenters. The lowest BCUT2D eigenvalue weighted by molar-refractivity contribution is 0.516. The topological polar surface area (TPSA) is 28.2 Å². The van der Waals surface area contributed by atoms with Gasteiger partial charge >= 0.3 is 0 Å². The maximum Gasteiger partial charge on any atom is 0.173 e. The van der Waals surface area contributed by atoms with Crippen molar-refractivity contribution in [3.63, 3.8) is 0 Å². The molecule has 0 unspecified atom stereocenters. The fourth-order valence-electron chi connectivity index (χ4n) is 1.69. The third kappa shape index (κ3) is 4.34. The molecule has 1 N–H and O–H groups in total. The Balaban J connectivity index is 1.83. The molecule has 0 spiro atoms. The van der Waals surface area contributed by atoms with Gasteiger partial charge in [0.05, 0.1) is 0 Å². The number of likely N-dealkylation sites (N-methyl/N-ethyl adjacent to an activating group) is 1. The molecule has 4 heteroatoms. The first-order chi connectivity index (χ1) is 9.25. The Morgan fingerprint density at radius 2 is 1.84 bits per heavy atom. The van der Waals surface area contributed by atoms with Gasteiger partial charge in [0.15, 0.2) is 5.11 Å². The summed E-state index contributed by atoms with van der Waals surface area (Å²) in [5.41, 5.74) is 2.28. The normalized spacial score (nSPS) is 9.95. The summed E-state index contributed by atoms with van der Waals surface area (Å²) < 4.78 is 0. The number of rotatable bonds is 4. The second kappa shape index (κ2) is 6.85. The molecule has 0 radical (unpaired) electrons. The van der Waals surface area contributed by atoms with Crippen LogP contribution in [0.3, 0.4) is 0 Å². The van der Waals surface area contributed by atoms with Crippen LogP contribution in [0.1, 0.15) is 5.56 Å². The van der Waals surface area contributed by atoms with E-state index < -0.39 is 0 Å². The van der Waals surface area contributed by atoms with Gasteiger partial charge in [-0.2, -0.15) is 0 Å². The summed E-state index contributed by atoms with van der Waals surface area (Å²) in [7, 11) is 2.00. The van der Waals surface area contributed by atoms with E-state index in [4.69, 9.17) is 12.2 Å². The molecule has 0 amide bonds. The Hall–Kier alpha value is -1.94. The zero-order valence-electron chi connectivity index (χ0n) is 10.9. The first kappa shape index (κ1) is 13.5. The van der Waals surface area contributed by atoms with Crippen molar-refractivity contribution in [2.75, 3.05) is 18.9 Å². The van der Waals surface area contributed by atoms with Crippen LogP contribution in [0.4, 0.5) is 5.69 Å². The van der Waals surface area contributed by atoms with Crippen LogP contribution >= 0.6 is 12.2 Å². The van der Waals surface area contributed by atoms with Crippen molar-refractivity contribution in [2.45, 2.75) is 6.42 Å². The number of hydrogen-bond donors (Lipinski definition) is 1. The van der Waals surface area contributed by atoms with Crippen LogP contribution in [0.15, 0.2) is 54.9 Å². The maximum absolute atomic E-state index is 5.38. The molecule has 0 aliphatic carbocycles. The van der Waals surface area contributed by atoms with Gasteiger partial charge in [-0.15, -0.1) is 0 Å². The summed E-state index contributed by atoms with van der Waals surface area (Å²) >= 11 is 5.38. The van der Waals surface area contributed by atoms with Gasteiger partial charge in [-0.1, -0.05) is 18.2 Å². The number of aromatic nitrogens is 1. The smallest absolute Gasteiger partial charge is 0.173 e. The van der Waals surface area contributed by atoms with Crippen molar-refractivity contribution in [1.82, 2.24) is 9.88 Å². The highest BCUT2D eigenvalue weighted by atomic mass is 32.1. The molecule has 0 saturated carbocycles. The van der Waals surface area contributed by atoms with Crippen molar-refractivity contribution in [3.8, 4) is 0 Å². The second-order valence-corrected chi connectivity index (χ2v) is 4.71. The number of anilines is 1. The fourth-order valence-corrected chi connectivity index (χ4v) is 1.90. The molecule has 2 aromatic rings. The van der Waals surface area contributed by atoms with Crippen molar-refractivity contribution in [2.24, 2.45) is 0 Å². The number of nitrogens with zero attached hydrogens (tertiary/aromatic N) is 2. The predicted molar refractivity (Wildman–Crippen MR) is 83.2 cm³/mol. The number of para-hydroxylation sites is 1. The molecule has 0 saturated heterocycles. The van der Waals surface area contributed by atoms with Gasteiger partial charge in [0.25, 0.3) is 0 Å². The van der Waals surface area contributed by atoms with Gasteiger partial charge in [0.2, 0.25) is 0 Å². The summed E-state index contributed by atoms with van der Waals surface area (Å²) in [5.74, 6) is 0. The highest BCUT2D eigenvalue weighted by molar-refractivity contribution is 7.80. The van der Waals surface area contributed by atoms with Crippen LogP contribution in [-0.2, 0) is 6.42 Å². The molecule has 0 fully saturated rings. The molecule has 1 aromatic heterocycles. The van der Waals surface area contributed by atoms with E-state index in [-0.39, 0.29) is 0 Å². The van der Waals surface area contributed by atoms with Crippen LogP contribution in [0.5, 0.6) is 0 Å². The van der Waals surface area contributed by atoms with Gasteiger partial charge in [-0.05, 0) is 48.5 Å². The fraction of sp³-hybridized carbons (Fsp3) is 0.200. The highest BCUT2D eigenvalue weighted by Gasteiger charge is 2.04. The molecule has 1 aromatic carbocycles. The SMILES string of the molecule is CN(CCc1ccncc1)C(=S)Nc1ccccc1. The average Bonchev–Trinajstić information content (AvgIpc) is 2.47. The molecule has 0 bridgehead atoms. The summed E-state index contributed by atoms with van der Waals surface area (Å²) in [5, 5.41) is 3.96. The number of pyridine rings is 1. The van der Waals surface area contributed by atoms with E-state index in [1.807, 2.05) is 66.8 Å². The van der Waals surface area contributed by atoms with E-state index in [9.17, 15) is 0 Å². The summed E-state index contributed by atoms with van der Waals surface area (Å²) in [6, 6.07) is 14.0. The Kier molecular flexibility index (Phi) is 4.86. The third-order valence-corrected chi connectivity index (χ3v) is 3.27. The maximum atomic E-state index is 5.38. The van der Waals surface area contributed by atoms with Gasteiger partial charge in [0.1, 0.15) is 0 Å². The number of hydrogen-bond acceptors (Lipinski definition) is 2. The molecule has 3 nitrogen and oxygen atoms in total. The largest absolute Gasteiger partial charge is 0.352 e. The molecular weight excluding hydrogens is 254 g/mol. The van der Waals surface area contributed by atoms with E-state index in [0.717, 1.165) is 23.8 Å². The second-order valence-electron chi connectivity index (χ2n) is 4.32. The zero-order valence-corrected chi connectivity index (χ0v) is 11.7. The monoisotopic (exact) mass is 271 g/mol. The van der Waals surface area contributed by atoms with Crippen LogP contribution in [0.25, 0.3) is 0 Å². The Morgan fingerprint density at radius 3 is 2.53 bits per heavy atom. The summed E-state index contributed by atoms with van der Waals surface area (Å²) in [6.45, 7) is 0.878. The molecule has 98 valence electrons. The number of benzene rings is 1. The number of nitrogens with one attached hydrogen (secondary N) is 1. The predicted octanol–water partition coefficient (Wildman–Crippen LogP) is 2.95. The molecule has 2 rings (SSSR count). The van der Waals surface area contributed by atoms with Crippen LogP contribution in [0.2, 0.25) is 0 Å². The zero-order chi connectivity index (χ0) is 13.5. The lowest BCUT2D eigenvalue weighted by Crippen LogP contribution is -2.32. The van der Waals surface area contributed by atoms with E-state index in [0.29, 0.717) is 0 Å². The minimum Gasteiger partial charge on any atom is -0.352 e. The first-order valence-corrected chi connectivity index (χ1v) is 6.62. The third-order valence-electron chi connectivity index (χ3n) is 2.86. The van der Waals surface area contributed by atoms with E-state index in [1.165, 1.54) is 5.56 Å². The molecular formula is C15H17N3S. The van der Waals surface area contributed by atoms with Gasteiger partial charge in [-0.25, -0.2) is 0 Å². The van der Waals surface area contributed by atoms with E-state index >= 15 is 0 Å². The minimum atomic E-state index is 0.736. The van der Waals surface area contributed by atoms with E-state index in [2.05, 4.69) is 10.3 Å². The first-order valence-electron chi connectivity index (χ1n) is 6.22. The lowest BCUT2D eigenvalue weighted by Gasteiger charge is -2.21. The van der Waals surface area contributed by atoms with Crippen LogP contribution in [-0.4, -0.2) is 28.6 Å².